The first-order valence-electron chi connectivity index (χ1n) is 7.68. The quantitative estimate of drug-likeness (QED) is 0.654. The van der Waals surface area contributed by atoms with Gasteiger partial charge in [-0.05, 0) is 32.4 Å². The van der Waals surface area contributed by atoms with E-state index in [9.17, 15) is 4.39 Å². The van der Waals surface area contributed by atoms with E-state index in [1.54, 1.807) is 13.2 Å². The molecule has 0 amide bonds. The van der Waals surface area contributed by atoms with Gasteiger partial charge in [-0.3, -0.25) is 0 Å². The van der Waals surface area contributed by atoms with Crippen LogP contribution in [0.1, 0.15) is 64.5 Å². The van der Waals surface area contributed by atoms with Crippen molar-refractivity contribution in [2.75, 3.05) is 7.11 Å². The zero-order chi connectivity index (χ0) is 15.0. The van der Waals surface area contributed by atoms with Gasteiger partial charge in [-0.25, -0.2) is 4.39 Å². The van der Waals surface area contributed by atoms with Gasteiger partial charge in [0.25, 0.3) is 0 Å². The van der Waals surface area contributed by atoms with Crippen LogP contribution in [-0.4, -0.2) is 13.2 Å². The number of benzene rings is 1. The van der Waals surface area contributed by atoms with Crippen LogP contribution in [0.15, 0.2) is 18.2 Å². The summed E-state index contributed by atoms with van der Waals surface area (Å²) in [6.07, 6.45) is 6.18. The highest BCUT2D eigenvalue weighted by molar-refractivity contribution is 5.36. The predicted molar refractivity (Wildman–Crippen MR) is 82.7 cm³/mol. The summed E-state index contributed by atoms with van der Waals surface area (Å²) in [5.74, 6) is 0.408. The smallest absolute Gasteiger partial charge is 0.131 e. The number of rotatable bonds is 9. The lowest BCUT2D eigenvalue weighted by Gasteiger charge is -2.22. The standard InChI is InChI=1S/C17H28FNO/c1-5-6-7-8-10-13(2)19-14(3)17-15(18)11-9-12-16(17)20-4/h9,11-14,19H,5-8,10H2,1-4H3. The van der Waals surface area contributed by atoms with Crippen LogP contribution in [0.4, 0.5) is 4.39 Å². The Balaban J connectivity index is 2.55. The second-order valence-electron chi connectivity index (χ2n) is 5.49. The Kier molecular flexibility index (Phi) is 7.60. The Morgan fingerprint density at radius 3 is 2.60 bits per heavy atom. The molecule has 1 N–H and O–H groups in total. The lowest BCUT2D eigenvalue weighted by atomic mass is 10.0. The van der Waals surface area contributed by atoms with Crippen LogP contribution in [-0.2, 0) is 0 Å². The summed E-state index contributed by atoms with van der Waals surface area (Å²) >= 11 is 0. The van der Waals surface area contributed by atoms with Crippen LogP contribution in [0.25, 0.3) is 0 Å². The van der Waals surface area contributed by atoms with E-state index in [1.165, 1.54) is 31.7 Å². The average Bonchev–Trinajstić information content (AvgIpc) is 2.43. The highest BCUT2D eigenvalue weighted by Crippen LogP contribution is 2.28. The fourth-order valence-corrected chi connectivity index (χ4v) is 2.59. The molecule has 0 saturated carbocycles. The number of nitrogens with one attached hydrogen (secondary N) is 1. The number of unbranched alkanes of at least 4 members (excludes halogenated alkanes) is 3. The Bertz CT molecular complexity index is 395. The minimum Gasteiger partial charge on any atom is -0.496 e. The summed E-state index contributed by atoms with van der Waals surface area (Å²) < 4.78 is 19.2. The Morgan fingerprint density at radius 1 is 1.20 bits per heavy atom. The maximum Gasteiger partial charge on any atom is 0.131 e. The van der Waals surface area contributed by atoms with Crippen molar-refractivity contribution in [1.29, 1.82) is 0 Å². The molecule has 2 nitrogen and oxygen atoms in total. The van der Waals surface area contributed by atoms with Gasteiger partial charge in [0, 0.05) is 17.6 Å². The van der Waals surface area contributed by atoms with Gasteiger partial charge in [-0.15, -0.1) is 0 Å². The summed E-state index contributed by atoms with van der Waals surface area (Å²) in [7, 11) is 1.58. The Morgan fingerprint density at radius 2 is 1.95 bits per heavy atom. The van der Waals surface area contributed by atoms with Gasteiger partial charge in [0.15, 0.2) is 0 Å². The summed E-state index contributed by atoms with van der Waals surface area (Å²) in [4.78, 5) is 0. The summed E-state index contributed by atoms with van der Waals surface area (Å²) in [6, 6.07) is 5.31. The zero-order valence-electron chi connectivity index (χ0n) is 13.2. The van der Waals surface area contributed by atoms with Crippen molar-refractivity contribution < 1.29 is 9.13 Å². The Hall–Kier alpha value is -1.09. The van der Waals surface area contributed by atoms with Gasteiger partial charge >= 0.3 is 0 Å². The highest BCUT2D eigenvalue weighted by Gasteiger charge is 2.17. The van der Waals surface area contributed by atoms with Crippen LogP contribution in [0, 0.1) is 5.82 Å². The molecule has 2 unspecified atom stereocenters. The van der Waals surface area contributed by atoms with Crippen LogP contribution in [0.5, 0.6) is 5.75 Å². The van der Waals surface area contributed by atoms with E-state index >= 15 is 0 Å². The topological polar surface area (TPSA) is 21.3 Å². The molecular weight excluding hydrogens is 253 g/mol. The van der Waals surface area contributed by atoms with E-state index in [4.69, 9.17) is 4.74 Å². The van der Waals surface area contributed by atoms with E-state index in [2.05, 4.69) is 19.2 Å². The van der Waals surface area contributed by atoms with Crippen LogP contribution >= 0.6 is 0 Å². The maximum atomic E-state index is 14.0. The molecular formula is C17H28FNO. The lowest BCUT2D eigenvalue weighted by molar-refractivity contribution is 0.380. The second-order valence-corrected chi connectivity index (χ2v) is 5.49. The molecule has 2 atom stereocenters. The molecule has 0 saturated heterocycles. The predicted octanol–water partition coefficient (Wildman–Crippen LogP) is 4.84. The SMILES string of the molecule is CCCCCCC(C)NC(C)c1c(F)cccc1OC. The third-order valence-corrected chi connectivity index (χ3v) is 3.69. The van der Waals surface area contributed by atoms with E-state index in [-0.39, 0.29) is 11.9 Å². The molecule has 0 aromatic heterocycles. The number of hydrogen-bond donors (Lipinski definition) is 1. The number of halogens is 1. The number of methoxy groups -OCH3 is 1. The van der Waals surface area contributed by atoms with Gasteiger partial charge in [0.05, 0.1) is 7.11 Å². The van der Waals surface area contributed by atoms with Gasteiger partial charge in [-0.2, -0.15) is 0 Å². The molecule has 0 heterocycles. The zero-order valence-corrected chi connectivity index (χ0v) is 13.2. The van der Waals surface area contributed by atoms with Gasteiger partial charge < -0.3 is 10.1 Å². The second kappa shape index (κ2) is 8.96. The van der Waals surface area contributed by atoms with Crippen molar-refractivity contribution in [2.45, 2.75) is 65.0 Å². The van der Waals surface area contributed by atoms with Gasteiger partial charge in [0.2, 0.25) is 0 Å². The highest BCUT2D eigenvalue weighted by atomic mass is 19.1. The van der Waals surface area contributed by atoms with E-state index in [1.807, 2.05) is 13.0 Å². The van der Waals surface area contributed by atoms with Crippen molar-refractivity contribution in [3.05, 3.63) is 29.6 Å². The molecule has 114 valence electrons. The minimum atomic E-state index is -0.206. The molecule has 0 bridgehead atoms. The van der Waals surface area contributed by atoms with E-state index < -0.39 is 0 Å². The molecule has 0 radical (unpaired) electrons. The first kappa shape index (κ1) is 17.0. The summed E-state index contributed by atoms with van der Waals surface area (Å²) in [6.45, 7) is 6.37. The van der Waals surface area contributed by atoms with Gasteiger partial charge in [0.1, 0.15) is 11.6 Å². The van der Waals surface area contributed by atoms with Crippen LogP contribution in [0.2, 0.25) is 0 Å². The molecule has 20 heavy (non-hydrogen) atoms. The van der Waals surface area contributed by atoms with Crippen LogP contribution in [0.3, 0.4) is 0 Å². The molecule has 3 heteroatoms. The molecule has 0 aliphatic heterocycles. The van der Waals surface area contributed by atoms with E-state index in [0.717, 1.165) is 6.42 Å². The molecule has 0 aliphatic rings. The number of hydrogen-bond acceptors (Lipinski definition) is 2. The molecule has 0 spiro atoms. The lowest BCUT2D eigenvalue weighted by Crippen LogP contribution is -2.29. The fraction of sp³-hybridized carbons (Fsp3) is 0.647. The minimum absolute atomic E-state index is 0.0488. The first-order chi connectivity index (χ1) is 9.60. The van der Waals surface area contributed by atoms with Crippen LogP contribution < -0.4 is 10.1 Å². The summed E-state index contributed by atoms with van der Waals surface area (Å²) in [5, 5.41) is 3.47. The van der Waals surface area contributed by atoms with Crippen molar-refractivity contribution in [3.63, 3.8) is 0 Å². The average molecular weight is 281 g/mol. The fourth-order valence-electron chi connectivity index (χ4n) is 2.59. The molecule has 1 aromatic rings. The normalized spacial score (nSPS) is 14.1. The maximum absolute atomic E-state index is 14.0. The number of ether oxygens (including phenoxy) is 1. The largest absolute Gasteiger partial charge is 0.496 e. The molecule has 1 aromatic carbocycles. The molecule has 0 fully saturated rings. The Labute approximate surface area is 122 Å². The van der Waals surface area contributed by atoms with E-state index in [0.29, 0.717) is 17.4 Å². The van der Waals surface area contributed by atoms with Crippen molar-refractivity contribution in [1.82, 2.24) is 5.32 Å². The third-order valence-electron chi connectivity index (χ3n) is 3.69. The molecule has 0 aliphatic carbocycles. The molecule has 1 rings (SSSR count). The van der Waals surface area contributed by atoms with Crippen molar-refractivity contribution in [2.24, 2.45) is 0 Å². The first-order valence-corrected chi connectivity index (χ1v) is 7.68. The van der Waals surface area contributed by atoms with Crippen molar-refractivity contribution >= 4 is 0 Å². The van der Waals surface area contributed by atoms with Gasteiger partial charge in [-0.1, -0.05) is 38.7 Å². The summed E-state index contributed by atoms with van der Waals surface area (Å²) in [5.41, 5.74) is 0.621. The van der Waals surface area contributed by atoms with Crippen molar-refractivity contribution in [3.8, 4) is 5.75 Å². The monoisotopic (exact) mass is 281 g/mol. The third kappa shape index (κ3) is 5.12.